The summed E-state index contributed by atoms with van der Waals surface area (Å²) in [6.07, 6.45) is 0.756. The monoisotopic (exact) mass is 417 g/mol. The smallest absolute Gasteiger partial charge is 0.231 e. The van der Waals surface area contributed by atoms with E-state index in [0.717, 1.165) is 40.4 Å². The van der Waals surface area contributed by atoms with Crippen molar-refractivity contribution in [3.05, 3.63) is 89.5 Å². The highest BCUT2D eigenvalue weighted by Crippen LogP contribution is 2.40. The molecule has 160 valence electrons. The molecular weight excluding hydrogens is 390 g/mol. The molecule has 3 aromatic rings. The number of benzene rings is 3. The van der Waals surface area contributed by atoms with Crippen LogP contribution in [-0.2, 0) is 11.3 Å². The van der Waals surface area contributed by atoms with Crippen LogP contribution < -0.4 is 14.2 Å². The molecule has 1 atom stereocenters. The number of rotatable bonds is 8. The average molecular weight is 418 g/mol. The van der Waals surface area contributed by atoms with Crippen molar-refractivity contribution in [2.24, 2.45) is 0 Å². The summed E-state index contributed by atoms with van der Waals surface area (Å²) >= 11 is 0. The van der Waals surface area contributed by atoms with E-state index in [9.17, 15) is 4.79 Å². The van der Waals surface area contributed by atoms with Gasteiger partial charge in [-0.3, -0.25) is 4.79 Å². The minimum Gasteiger partial charge on any atom is -0.496 e. The van der Waals surface area contributed by atoms with Crippen molar-refractivity contribution in [2.75, 3.05) is 20.4 Å². The van der Waals surface area contributed by atoms with Gasteiger partial charge in [0.05, 0.1) is 7.11 Å². The molecule has 0 fully saturated rings. The number of nitrogens with zero attached hydrogens (tertiary/aromatic N) is 1. The number of hydrogen-bond acceptors (Lipinski definition) is 4. The van der Waals surface area contributed by atoms with E-state index in [4.69, 9.17) is 14.2 Å². The van der Waals surface area contributed by atoms with Crippen LogP contribution in [0.3, 0.4) is 0 Å². The first-order chi connectivity index (χ1) is 15.2. The quantitative estimate of drug-likeness (QED) is 0.518. The van der Waals surface area contributed by atoms with Gasteiger partial charge in [0.2, 0.25) is 12.7 Å². The topological polar surface area (TPSA) is 48.0 Å². The summed E-state index contributed by atoms with van der Waals surface area (Å²) in [7, 11) is 1.69. The van der Waals surface area contributed by atoms with Crippen LogP contribution in [0.25, 0.3) is 0 Å². The lowest BCUT2D eigenvalue weighted by Crippen LogP contribution is -2.30. The van der Waals surface area contributed by atoms with Crippen molar-refractivity contribution in [1.29, 1.82) is 0 Å². The van der Waals surface area contributed by atoms with Crippen molar-refractivity contribution >= 4 is 5.91 Å². The number of hydrogen-bond donors (Lipinski definition) is 0. The molecule has 5 nitrogen and oxygen atoms in total. The van der Waals surface area contributed by atoms with E-state index >= 15 is 0 Å². The van der Waals surface area contributed by atoms with Crippen molar-refractivity contribution in [3.8, 4) is 17.2 Å². The number of carbonyl (C=O) groups excluding carboxylic acids is 1. The van der Waals surface area contributed by atoms with Crippen molar-refractivity contribution in [2.45, 2.75) is 25.8 Å². The lowest BCUT2D eigenvalue weighted by molar-refractivity contribution is -0.129. The third-order valence-corrected chi connectivity index (χ3v) is 5.66. The van der Waals surface area contributed by atoms with E-state index in [1.807, 2.05) is 65.6 Å². The number of methoxy groups -OCH3 is 1. The fraction of sp³-hybridized carbons (Fsp3) is 0.269. The third kappa shape index (κ3) is 4.82. The van der Waals surface area contributed by atoms with E-state index in [1.54, 1.807) is 14.0 Å². The molecule has 3 aromatic carbocycles. The molecule has 0 radical (unpaired) electrons. The Hall–Kier alpha value is -3.47. The number of carbonyl (C=O) groups is 1. The van der Waals surface area contributed by atoms with E-state index in [0.29, 0.717) is 13.1 Å². The van der Waals surface area contributed by atoms with Gasteiger partial charge in [0, 0.05) is 31.5 Å². The Kier molecular flexibility index (Phi) is 6.41. The summed E-state index contributed by atoms with van der Waals surface area (Å²) in [6, 6.07) is 24.2. The standard InChI is InChI=1S/C26H27NO4/c1-19(28)27(17-20-8-4-3-5-9-20)15-14-22(23-10-6-7-11-24(23)29-2)21-12-13-25-26(16-21)31-18-30-25/h3-13,16,22H,14-15,17-18H2,1-2H3/t22-/m0/s1. The van der Waals surface area contributed by atoms with E-state index in [1.165, 1.54) is 0 Å². The molecule has 1 heterocycles. The van der Waals surface area contributed by atoms with Crippen molar-refractivity contribution < 1.29 is 19.0 Å². The molecule has 5 heteroatoms. The molecule has 1 aliphatic heterocycles. The molecule has 1 amide bonds. The molecule has 0 N–H and O–H groups in total. The van der Waals surface area contributed by atoms with Gasteiger partial charge in [-0.05, 0) is 35.7 Å². The molecule has 0 bridgehead atoms. The molecule has 1 aliphatic rings. The minimum absolute atomic E-state index is 0.0447. The maximum absolute atomic E-state index is 12.4. The van der Waals surface area contributed by atoms with Gasteiger partial charge in [-0.25, -0.2) is 0 Å². The molecule has 0 aliphatic carbocycles. The summed E-state index contributed by atoms with van der Waals surface area (Å²) in [5.74, 6) is 2.46. The Balaban J connectivity index is 1.62. The van der Waals surface area contributed by atoms with Gasteiger partial charge in [0.1, 0.15) is 5.75 Å². The van der Waals surface area contributed by atoms with Crippen LogP contribution in [0.4, 0.5) is 0 Å². The number of para-hydroxylation sites is 1. The first-order valence-electron chi connectivity index (χ1n) is 10.5. The van der Waals surface area contributed by atoms with Crippen LogP contribution in [-0.4, -0.2) is 31.3 Å². The first-order valence-corrected chi connectivity index (χ1v) is 10.5. The van der Waals surface area contributed by atoms with Crippen LogP contribution in [0, 0.1) is 0 Å². The molecule has 0 spiro atoms. The Morgan fingerprint density at radius 3 is 2.52 bits per heavy atom. The number of ether oxygens (including phenoxy) is 3. The molecule has 0 aromatic heterocycles. The number of amides is 1. The van der Waals surface area contributed by atoms with Gasteiger partial charge >= 0.3 is 0 Å². The normalized spacial score (nSPS) is 13.0. The van der Waals surface area contributed by atoms with Crippen LogP contribution in [0.15, 0.2) is 72.8 Å². The van der Waals surface area contributed by atoms with Crippen molar-refractivity contribution in [1.82, 2.24) is 4.90 Å². The average Bonchev–Trinajstić information content (AvgIpc) is 3.27. The van der Waals surface area contributed by atoms with Gasteiger partial charge in [-0.1, -0.05) is 54.6 Å². The molecule has 0 saturated carbocycles. The predicted molar refractivity (Wildman–Crippen MR) is 120 cm³/mol. The Morgan fingerprint density at radius 1 is 1.00 bits per heavy atom. The Morgan fingerprint density at radius 2 is 1.74 bits per heavy atom. The largest absolute Gasteiger partial charge is 0.496 e. The second-order valence-corrected chi connectivity index (χ2v) is 7.62. The summed E-state index contributed by atoms with van der Waals surface area (Å²) in [5, 5.41) is 0. The highest BCUT2D eigenvalue weighted by atomic mass is 16.7. The highest BCUT2D eigenvalue weighted by Gasteiger charge is 2.23. The highest BCUT2D eigenvalue weighted by molar-refractivity contribution is 5.73. The first kappa shape index (κ1) is 20.8. The molecule has 4 rings (SSSR count). The zero-order chi connectivity index (χ0) is 21.6. The molecular formula is C26H27NO4. The van der Waals surface area contributed by atoms with Gasteiger partial charge in [-0.15, -0.1) is 0 Å². The van der Waals surface area contributed by atoms with Crippen LogP contribution in [0.1, 0.15) is 36.0 Å². The van der Waals surface area contributed by atoms with Gasteiger partial charge in [0.25, 0.3) is 0 Å². The van der Waals surface area contributed by atoms with E-state index in [2.05, 4.69) is 12.1 Å². The predicted octanol–water partition coefficient (Wildman–Crippen LogP) is 4.99. The summed E-state index contributed by atoms with van der Waals surface area (Å²) in [5.41, 5.74) is 3.32. The zero-order valence-corrected chi connectivity index (χ0v) is 17.9. The fourth-order valence-corrected chi connectivity index (χ4v) is 4.02. The zero-order valence-electron chi connectivity index (χ0n) is 17.9. The second-order valence-electron chi connectivity index (χ2n) is 7.62. The molecule has 31 heavy (non-hydrogen) atoms. The lowest BCUT2D eigenvalue weighted by Gasteiger charge is -2.26. The van der Waals surface area contributed by atoms with Crippen molar-refractivity contribution in [3.63, 3.8) is 0 Å². The van der Waals surface area contributed by atoms with Crippen LogP contribution in [0.5, 0.6) is 17.2 Å². The maximum Gasteiger partial charge on any atom is 0.231 e. The Labute approximate surface area is 183 Å². The third-order valence-electron chi connectivity index (χ3n) is 5.66. The summed E-state index contributed by atoms with van der Waals surface area (Å²) in [4.78, 5) is 14.3. The summed E-state index contributed by atoms with van der Waals surface area (Å²) in [6.45, 7) is 3.09. The molecule has 0 unspecified atom stereocenters. The van der Waals surface area contributed by atoms with Crippen LogP contribution >= 0.6 is 0 Å². The van der Waals surface area contributed by atoms with E-state index < -0.39 is 0 Å². The minimum atomic E-state index is 0.0447. The molecule has 0 saturated heterocycles. The lowest BCUT2D eigenvalue weighted by atomic mass is 9.87. The SMILES string of the molecule is COc1ccccc1[C@@H](CCN(Cc1ccccc1)C(C)=O)c1ccc2c(c1)OCO2. The van der Waals surface area contributed by atoms with E-state index in [-0.39, 0.29) is 18.6 Å². The van der Waals surface area contributed by atoms with Gasteiger partial charge in [-0.2, -0.15) is 0 Å². The Bertz CT molecular complexity index is 1030. The maximum atomic E-state index is 12.4. The van der Waals surface area contributed by atoms with Gasteiger partial charge < -0.3 is 19.1 Å². The summed E-state index contributed by atoms with van der Waals surface area (Å²) < 4.78 is 16.7. The second kappa shape index (κ2) is 9.56. The van der Waals surface area contributed by atoms with Crippen LogP contribution in [0.2, 0.25) is 0 Å². The fourth-order valence-electron chi connectivity index (χ4n) is 4.02. The number of fused-ring (bicyclic) bond motifs is 1. The van der Waals surface area contributed by atoms with Gasteiger partial charge in [0.15, 0.2) is 11.5 Å².